The van der Waals surface area contributed by atoms with Gasteiger partial charge in [0.25, 0.3) is 0 Å². The molecule has 0 aliphatic carbocycles. The average molecular weight is 493 g/mol. The number of benzene rings is 2. The summed E-state index contributed by atoms with van der Waals surface area (Å²) in [5, 5.41) is 19.4. The van der Waals surface area contributed by atoms with Crippen LogP contribution < -0.4 is 15.4 Å². The molecule has 10 nitrogen and oxygen atoms in total. The number of hydrogen-bond donors (Lipinski definition) is 3. The first-order chi connectivity index (χ1) is 17.5. The van der Waals surface area contributed by atoms with Gasteiger partial charge in [-0.3, -0.25) is 0 Å². The topological polar surface area (TPSA) is 123 Å². The Labute approximate surface area is 210 Å². The molecule has 0 amide bonds. The summed E-state index contributed by atoms with van der Waals surface area (Å²) in [7, 11) is 4.63. The molecule has 1 aliphatic rings. The van der Waals surface area contributed by atoms with Crippen molar-refractivity contribution in [1.29, 1.82) is 5.41 Å². The van der Waals surface area contributed by atoms with Gasteiger partial charge in [-0.15, -0.1) is 5.10 Å². The molecule has 2 heterocycles. The quantitative estimate of drug-likeness (QED) is 0.294. The smallest absolute Gasteiger partial charge is 0.341 e. The zero-order valence-corrected chi connectivity index (χ0v) is 21.1. The number of aryl methyl sites for hydroxylation is 1. The van der Waals surface area contributed by atoms with Gasteiger partial charge in [-0.05, 0) is 61.6 Å². The third-order valence-electron chi connectivity index (χ3n) is 6.23. The standard InChI is InChI=1S/C26H32N6O4/c1-5-17-19(15-27)21(28-23-8-6-7-13-36-23)12-11-20(17)29-26-30-24(31-32(26)2)16-9-10-18(25(33)35-4)22(14-16)34-3/h9-12,14-15,23,27-28H,5-8,13H2,1-4H3,(H,29,30,31). The van der Waals surface area contributed by atoms with Crippen LogP contribution in [-0.4, -0.2) is 54.0 Å². The molecule has 0 bridgehead atoms. The number of nitrogens with zero attached hydrogens (tertiary/aromatic N) is 3. The van der Waals surface area contributed by atoms with Crippen molar-refractivity contribution in [3.8, 4) is 17.1 Å². The van der Waals surface area contributed by atoms with Crippen molar-refractivity contribution < 1.29 is 19.0 Å². The monoisotopic (exact) mass is 492 g/mol. The van der Waals surface area contributed by atoms with E-state index in [4.69, 9.17) is 19.6 Å². The summed E-state index contributed by atoms with van der Waals surface area (Å²) in [6.45, 7) is 2.81. The van der Waals surface area contributed by atoms with Crippen LogP contribution in [0, 0.1) is 5.41 Å². The van der Waals surface area contributed by atoms with Gasteiger partial charge in [0.2, 0.25) is 5.95 Å². The molecular weight excluding hydrogens is 460 g/mol. The number of rotatable bonds is 9. The van der Waals surface area contributed by atoms with Crippen molar-refractivity contribution in [2.45, 2.75) is 38.8 Å². The first kappa shape index (κ1) is 25.2. The number of aromatic nitrogens is 3. The van der Waals surface area contributed by atoms with Gasteiger partial charge >= 0.3 is 5.97 Å². The molecule has 2 aromatic carbocycles. The number of carbonyl (C=O) groups excluding carboxylic acids is 1. The maximum atomic E-state index is 12.0. The van der Waals surface area contributed by atoms with Gasteiger partial charge in [0.15, 0.2) is 5.82 Å². The number of hydrogen-bond acceptors (Lipinski definition) is 9. The molecule has 1 saturated heterocycles. The van der Waals surface area contributed by atoms with Crippen LogP contribution in [0.2, 0.25) is 0 Å². The Morgan fingerprint density at radius 1 is 1.25 bits per heavy atom. The summed E-state index contributed by atoms with van der Waals surface area (Å²) in [4.78, 5) is 16.6. The second-order valence-corrected chi connectivity index (χ2v) is 8.46. The first-order valence-electron chi connectivity index (χ1n) is 12.0. The highest BCUT2D eigenvalue weighted by atomic mass is 16.5. The molecule has 1 aromatic heterocycles. The fourth-order valence-electron chi connectivity index (χ4n) is 4.33. The van der Waals surface area contributed by atoms with E-state index in [1.807, 2.05) is 12.1 Å². The summed E-state index contributed by atoms with van der Waals surface area (Å²) in [5.74, 6) is 0.933. The normalized spacial score (nSPS) is 15.3. The number of carbonyl (C=O) groups is 1. The Balaban J connectivity index is 1.61. The highest BCUT2D eigenvalue weighted by Crippen LogP contribution is 2.31. The highest BCUT2D eigenvalue weighted by Gasteiger charge is 2.19. The van der Waals surface area contributed by atoms with Crippen molar-refractivity contribution in [2.75, 3.05) is 31.5 Å². The van der Waals surface area contributed by atoms with Crippen LogP contribution in [0.25, 0.3) is 11.4 Å². The van der Waals surface area contributed by atoms with Crippen LogP contribution in [-0.2, 0) is 22.9 Å². The van der Waals surface area contributed by atoms with Crippen LogP contribution in [0.15, 0.2) is 30.3 Å². The summed E-state index contributed by atoms with van der Waals surface area (Å²) < 4.78 is 17.7. The van der Waals surface area contributed by atoms with E-state index in [1.54, 1.807) is 29.9 Å². The Hall–Kier alpha value is -3.92. The fourth-order valence-corrected chi connectivity index (χ4v) is 4.33. The van der Waals surface area contributed by atoms with Crippen molar-refractivity contribution in [3.05, 3.63) is 47.0 Å². The fraction of sp³-hybridized carbons (Fsp3) is 0.385. The molecule has 3 aromatic rings. The Morgan fingerprint density at radius 2 is 2.06 bits per heavy atom. The van der Waals surface area contributed by atoms with Crippen LogP contribution in [0.3, 0.4) is 0 Å². The van der Waals surface area contributed by atoms with Crippen LogP contribution in [0.5, 0.6) is 5.75 Å². The van der Waals surface area contributed by atoms with E-state index in [2.05, 4.69) is 27.6 Å². The SMILES string of the molecule is CCc1c(Nc2nc(-c3ccc(C(=O)OC)c(OC)c3)nn2C)ccc(NC2CCCCO2)c1C=N. The van der Waals surface area contributed by atoms with Crippen molar-refractivity contribution in [2.24, 2.45) is 7.05 Å². The summed E-state index contributed by atoms with van der Waals surface area (Å²) in [5.41, 5.74) is 4.59. The molecule has 1 aliphatic heterocycles. The van der Waals surface area contributed by atoms with Crippen LogP contribution in [0.4, 0.5) is 17.3 Å². The molecular formula is C26H32N6O4. The van der Waals surface area contributed by atoms with Gasteiger partial charge in [0, 0.05) is 42.4 Å². The average Bonchev–Trinajstić information content (AvgIpc) is 3.28. The minimum Gasteiger partial charge on any atom is -0.496 e. The Bertz CT molecular complexity index is 1250. The van der Waals surface area contributed by atoms with Crippen LogP contribution in [0.1, 0.15) is 47.7 Å². The van der Waals surface area contributed by atoms with E-state index in [0.717, 1.165) is 54.8 Å². The summed E-state index contributed by atoms with van der Waals surface area (Å²) in [6.07, 6.45) is 5.23. The van der Waals surface area contributed by atoms with Crippen molar-refractivity contribution in [3.63, 3.8) is 0 Å². The number of nitrogens with one attached hydrogen (secondary N) is 3. The lowest BCUT2D eigenvalue weighted by Crippen LogP contribution is -2.27. The van der Waals surface area contributed by atoms with E-state index in [0.29, 0.717) is 28.6 Å². The number of ether oxygens (including phenoxy) is 3. The first-order valence-corrected chi connectivity index (χ1v) is 12.0. The zero-order chi connectivity index (χ0) is 25.7. The lowest BCUT2D eigenvalue weighted by atomic mass is 10.0. The van der Waals surface area contributed by atoms with Gasteiger partial charge in [-0.2, -0.15) is 4.98 Å². The van der Waals surface area contributed by atoms with Crippen LogP contribution >= 0.6 is 0 Å². The lowest BCUT2D eigenvalue weighted by molar-refractivity contribution is 0.0343. The summed E-state index contributed by atoms with van der Waals surface area (Å²) in [6, 6.07) is 9.06. The van der Waals surface area contributed by atoms with E-state index >= 15 is 0 Å². The molecule has 1 fully saturated rings. The maximum Gasteiger partial charge on any atom is 0.341 e. The number of methoxy groups -OCH3 is 2. The largest absolute Gasteiger partial charge is 0.496 e. The van der Waals surface area contributed by atoms with Crippen molar-refractivity contribution >= 4 is 29.5 Å². The molecule has 1 atom stereocenters. The molecule has 0 spiro atoms. The second kappa shape index (κ2) is 11.2. The van der Waals surface area contributed by atoms with E-state index < -0.39 is 5.97 Å². The van der Waals surface area contributed by atoms with Gasteiger partial charge in [-0.1, -0.05) is 6.92 Å². The maximum absolute atomic E-state index is 12.0. The molecule has 190 valence electrons. The van der Waals surface area contributed by atoms with E-state index in [1.165, 1.54) is 20.4 Å². The molecule has 3 N–H and O–H groups in total. The molecule has 4 rings (SSSR count). The van der Waals surface area contributed by atoms with Crippen molar-refractivity contribution in [1.82, 2.24) is 14.8 Å². The third kappa shape index (κ3) is 5.18. The van der Waals surface area contributed by atoms with Gasteiger partial charge in [-0.25, -0.2) is 9.48 Å². The minimum atomic E-state index is -0.475. The molecule has 0 saturated carbocycles. The third-order valence-corrected chi connectivity index (χ3v) is 6.23. The molecule has 36 heavy (non-hydrogen) atoms. The Kier molecular flexibility index (Phi) is 7.84. The lowest BCUT2D eigenvalue weighted by Gasteiger charge is -2.26. The van der Waals surface area contributed by atoms with Gasteiger partial charge in [0.05, 0.1) is 14.2 Å². The molecule has 10 heteroatoms. The zero-order valence-electron chi connectivity index (χ0n) is 21.1. The predicted octanol–water partition coefficient (Wildman–Crippen LogP) is 4.52. The predicted molar refractivity (Wildman–Crippen MR) is 139 cm³/mol. The minimum absolute atomic E-state index is 0.0372. The molecule has 1 unspecified atom stereocenters. The van der Waals surface area contributed by atoms with Gasteiger partial charge in [0.1, 0.15) is 17.5 Å². The number of esters is 1. The van der Waals surface area contributed by atoms with E-state index in [9.17, 15) is 4.79 Å². The molecule has 0 radical (unpaired) electrons. The highest BCUT2D eigenvalue weighted by molar-refractivity contribution is 5.93. The summed E-state index contributed by atoms with van der Waals surface area (Å²) >= 11 is 0. The Morgan fingerprint density at radius 3 is 2.72 bits per heavy atom. The second-order valence-electron chi connectivity index (χ2n) is 8.46. The number of anilines is 3. The van der Waals surface area contributed by atoms with Gasteiger partial charge < -0.3 is 30.3 Å². The van der Waals surface area contributed by atoms with E-state index in [-0.39, 0.29) is 6.23 Å².